The SMILES string of the molecule is Cc1ccc(C)c(C(=O)N2CC[NH+](Cc3ccc(Br)s3)CC2)c1. The number of thiophene rings is 1. The van der Waals surface area contributed by atoms with Crippen molar-refractivity contribution in [2.45, 2.75) is 20.4 Å². The van der Waals surface area contributed by atoms with Gasteiger partial charge in [0.25, 0.3) is 5.91 Å². The molecule has 0 saturated carbocycles. The number of piperazine rings is 1. The van der Waals surface area contributed by atoms with Gasteiger partial charge in [0.2, 0.25) is 0 Å². The van der Waals surface area contributed by atoms with Crippen LogP contribution >= 0.6 is 27.3 Å². The van der Waals surface area contributed by atoms with Crippen LogP contribution in [0.3, 0.4) is 0 Å². The van der Waals surface area contributed by atoms with Gasteiger partial charge in [0.1, 0.15) is 6.54 Å². The maximum absolute atomic E-state index is 12.8. The first-order valence-corrected chi connectivity index (χ1v) is 9.58. The first-order chi connectivity index (χ1) is 11.0. The fourth-order valence-corrected chi connectivity index (χ4v) is 4.59. The van der Waals surface area contributed by atoms with E-state index in [9.17, 15) is 4.79 Å². The number of hydrogen-bond acceptors (Lipinski definition) is 2. The molecule has 122 valence electrons. The van der Waals surface area contributed by atoms with Crippen molar-refractivity contribution in [2.75, 3.05) is 26.2 Å². The standard InChI is InChI=1S/C18H21BrN2OS/c1-13-3-4-14(2)16(11-13)18(22)21-9-7-20(8-10-21)12-15-5-6-17(19)23-15/h3-6,11H,7-10,12H2,1-2H3/p+1. The molecule has 3 rings (SSSR count). The maximum Gasteiger partial charge on any atom is 0.254 e. The molecule has 1 aromatic heterocycles. The third-order valence-electron chi connectivity index (χ3n) is 4.43. The highest BCUT2D eigenvalue weighted by Gasteiger charge is 2.25. The first-order valence-electron chi connectivity index (χ1n) is 7.97. The number of carbonyl (C=O) groups is 1. The average Bonchev–Trinajstić information content (AvgIpc) is 2.95. The smallest absolute Gasteiger partial charge is 0.254 e. The van der Waals surface area contributed by atoms with Gasteiger partial charge in [-0.05, 0) is 53.5 Å². The van der Waals surface area contributed by atoms with Crippen molar-refractivity contribution in [3.8, 4) is 0 Å². The van der Waals surface area contributed by atoms with Gasteiger partial charge in [-0.1, -0.05) is 17.7 Å². The summed E-state index contributed by atoms with van der Waals surface area (Å²) in [6, 6.07) is 10.4. The Hall–Kier alpha value is -1.17. The number of amides is 1. The number of nitrogens with one attached hydrogen (secondary N) is 1. The van der Waals surface area contributed by atoms with Crippen LogP contribution in [0.1, 0.15) is 26.4 Å². The zero-order valence-corrected chi connectivity index (χ0v) is 16.0. The molecule has 1 aromatic carbocycles. The van der Waals surface area contributed by atoms with Crippen molar-refractivity contribution < 1.29 is 9.69 Å². The van der Waals surface area contributed by atoms with E-state index in [4.69, 9.17) is 0 Å². The fourth-order valence-electron chi connectivity index (χ4n) is 3.03. The highest BCUT2D eigenvalue weighted by molar-refractivity contribution is 9.11. The molecule has 1 fully saturated rings. The van der Waals surface area contributed by atoms with Gasteiger partial charge in [-0.2, -0.15) is 0 Å². The highest BCUT2D eigenvalue weighted by atomic mass is 79.9. The Morgan fingerprint density at radius 1 is 1.22 bits per heavy atom. The molecular weight excluding hydrogens is 372 g/mol. The molecule has 0 unspecified atom stereocenters. The molecule has 1 aliphatic heterocycles. The summed E-state index contributed by atoms with van der Waals surface area (Å²) in [4.78, 5) is 17.7. The van der Waals surface area contributed by atoms with E-state index in [1.54, 1.807) is 16.2 Å². The van der Waals surface area contributed by atoms with E-state index < -0.39 is 0 Å². The van der Waals surface area contributed by atoms with Crippen LogP contribution in [0.2, 0.25) is 0 Å². The van der Waals surface area contributed by atoms with E-state index in [2.05, 4.69) is 34.1 Å². The summed E-state index contributed by atoms with van der Waals surface area (Å²) in [7, 11) is 0. The van der Waals surface area contributed by atoms with Gasteiger partial charge in [-0.3, -0.25) is 4.79 Å². The van der Waals surface area contributed by atoms with Crippen molar-refractivity contribution in [1.29, 1.82) is 0 Å². The van der Waals surface area contributed by atoms with Crippen LogP contribution in [0.5, 0.6) is 0 Å². The minimum Gasteiger partial charge on any atom is -0.328 e. The normalized spacial score (nSPS) is 15.9. The van der Waals surface area contributed by atoms with Gasteiger partial charge in [0.15, 0.2) is 0 Å². The predicted molar refractivity (Wildman–Crippen MR) is 98.2 cm³/mol. The second kappa shape index (κ2) is 7.16. The molecule has 1 N–H and O–H groups in total. The highest BCUT2D eigenvalue weighted by Crippen LogP contribution is 2.21. The molecule has 2 aromatic rings. The molecular formula is C18H22BrN2OS+. The van der Waals surface area contributed by atoms with E-state index >= 15 is 0 Å². The molecule has 1 amide bonds. The molecule has 1 aliphatic rings. The van der Waals surface area contributed by atoms with Crippen LogP contribution in [0, 0.1) is 13.8 Å². The average molecular weight is 394 g/mol. The molecule has 0 aliphatic carbocycles. The third kappa shape index (κ3) is 4.03. The summed E-state index contributed by atoms with van der Waals surface area (Å²) < 4.78 is 1.19. The summed E-state index contributed by atoms with van der Waals surface area (Å²) in [6.45, 7) is 8.84. The summed E-state index contributed by atoms with van der Waals surface area (Å²) in [6.07, 6.45) is 0. The van der Waals surface area contributed by atoms with Gasteiger partial charge in [0, 0.05) is 5.56 Å². The lowest BCUT2D eigenvalue weighted by atomic mass is 10.0. The summed E-state index contributed by atoms with van der Waals surface area (Å²) in [5, 5.41) is 0. The van der Waals surface area contributed by atoms with Crippen LogP contribution in [-0.4, -0.2) is 37.0 Å². The topological polar surface area (TPSA) is 24.8 Å². The fraction of sp³-hybridized carbons (Fsp3) is 0.389. The molecule has 3 nitrogen and oxygen atoms in total. The Bertz CT molecular complexity index is 705. The second-order valence-electron chi connectivity index (χ2n) is 6.24. The van der Waals surface area contributed by atoms with Gasteiger partial charge < -0.3 is 9.80 Å². The monoisotopic (exact) mass is 393 g/mol. The number of halogens is 1. The Morgan fingerprint density at radius 3 is 2.61 bits per heavy atom. The quantitative estimate of drug-likeness (QED) is 0.851. The zero-order chi connectivity index (χ0) is 16.4. The number of hydrogen-bond donors (Lipinski definition) is 1. The predicted octanol–water partition coefficient (Wildman–Crippen LogP) is 2.67. The summed E-state index contributed by atoms with van der Waals surface area (Å²) in [5.74, 6) is 0.184. The molecule has 0 spiro atoms. The molecule has 2 heterocycles. The Balaban J connectivity index is 1.60. The number of aryl methyl sites for hydroxylation is 2. The van der Waals surface area contributed by atoms with Gasteiger partial charge in [0.05, 0.1) is 34.8 Å². The number of carbonyl (C=O) groups excluding carboxylic acids is 1. The summed E-state index contributed by atoms with van der Waals surface area (Å²) in [5.41, 5.74) is 3.07. The Kier molecular flexibility index (Phi) is 5.19. The minimum atomic E-state index is 0.184. The molecule has 5 heteroatoms. The number of rotatable bonds is 3. The number of benzene rings is 1. The molecule has 0 atom stereocenters. The van der Waals surface area contributed by atoms with Gasteiger partial charge >= 0.3 is 0 Å². The van der Waals surface area contributed by atoms with Gasteiger partial charge in [-0.25, -0.2) is 0 Å². The number of quaternary nitrogens is 1. The molecule has 0 bridgehead atoms. The van der Waals surface area contributed by atoms with E-state index in [1.165, 1.54) is 8.66 Å². The van der Waals surface area contributed by atoms with E-state index in [1.807, 2.05) is 30.9 Å². The lowest BCUT2D eigenvalue weighted by molar-refractivity contribution is -0.917. The van der Waals surface area contributed by atoms with Crippen LogP contribution in [-0.2, 0) is 6.54 Å². The van der Waals surface area contributed by atoms with Crippen LogP contribution in [0.4, 0.5) is 0 Å². The van der Waals surface area contributed by atoms with Crippen molar-refractivity contribution >= 4 is 33.2 Å². The van der Waals surface area contributed by atoms with Crippen LogP contribution < -0.4 is 4.90 Å². The lowest BCUT2D eigenvalue weighted by Crippen LogP contribution is -3.13. The second-order valence-corrected chi connectivity index (χ2v) is 8.79. The molecule has 0 radical (unpaired) electrons. The first kappa shape index (κ1) is 16.7. The van der Waals surface area contributed by atoms with E-state index in [0.29, 0.717) is 0 Å². The van der Waals surface area contributed by atoms with Crippen molar-refractivity contribution in [1.82, 2.24) is 4.90 Å². The minimum absolute atomic E-state index is 0.184. The largest absolute Gasteiger partial charge is 0.328 e. The Labute approximate surface area is 150 Å². The van der Waals surface area contributed by atoms with Crippen LogP contribution in [0.15, 0.2) is 34.1 Å². The molecule has 1 saturated heterocycles. The molecule has 23 heavy (non-hydrogen) atoms. The van der Waals surface area contributed by atoms with Crippen molar-refractivity contribution in [3.05, 3.63) is 55.7 Å². The third-order valence-corrected chi connectivity index (χ3v) is 6.06. The zero-order valence-electron chi connectivity index (χ0n) is 13.6. The Morgan fingerprint density at radius 2 is 1.96 bits per heavy atom. The van der Waals surface area contributed by atoms with E-state index in [-0.39, 0.29) is 5.91 Å². The van der Waals surface area contributed by atoms with Crippen molar-refractivity contribution in [3.63, 3.8) is 0 Å². The lowest BCUT2D eigenvalue weighted by Gasteiger charge is -2.32. The van der Waals surface area contributed by atoms with E-state index in [0.717, 1.165) is 49.4 Å². The van der Waals surface area contributed by atoms with Crippen molar-refractivity contribution in [2.24, 2.45) is 0 Å². The maximum atomic E-state index is 12.8. The summed E-state index contributed by atoms with van der Waals surface area (Å²) >= 11 is 5.32. The van der Waals surface area contributed by atoms with Gasteiger partial charge in [-0.15, -0.1) is 11.3 Å². The number of nitrogens with zero attached hydrogens (tertiary/aromatic N) is 1. The van der Waals surface area contributed by atoms with Crippen LogP contribution in [0.25, 0.3) is 0 Å².